The number of carboxylic acid groups (broad SMARTS) is 1. The van der Waals surface area contributed by atoms with Gasteiger partial charge in [0.2, 0.25) is 0 Å². The van der Waals surface area contributed by atoms with E-state index in [1.807, 2.05) is 6.92 Å². The van der Waals surface area contributed by atoms with Crippen molar-refractivity contribution in [1.29, 1.82) is 0 Å². The van der Waals surface area contributed by atoms with E-state index in [1.165, 1.54) is 0 Å². The van der Waals surface area contributed by atoms with Crippen LogP contribution in [0.2, 0.25) is 0 Å². The molecule has 0 saturated heterocycles. The van der Waals surface area contributed by atoms with Crippen molar-refractivity contribution in [1.82, 2.24) is 5.32 Å². The van der Waals surface area contributed by atoms with Crippen LogP contribution < -0.4 is 19.5 Å². The van der Waals surface area contributed by atoms with Gasteiger partial charge in [-0.1, -0.05) is 19.8 Å². The number of benzene rings is 1. The van der Waals surface area contributed by atoms with Crippen molar-refractivity contribution >= 4 is 5.97 Å². The molecule has 1 rings (SSSR count). The van der Waals surface area contributed by atoms with Crippen molar-refractivity contribution in [3.05, 3.63) is 17.7 Å². The Labute approximate surface area is 131 Å². The van der Waals surface area contributed by atoms with Gasteiger partial charge in [-0.05, 0) is 12.5 Å². The summed E-state index contributed by atoms with van der Waals surface area (Å²) in [5, 5.41) is 12.3. The van der Waals surface area contributed by atoms with Crippen LogP contribution in [0.15, 0.2) is 12.1 Å². The van der Waals surface area contributed by atoms with Gasteiger partial charge in [0.1, 0.15) is 11.8 Å². The summed E-state index contributed by atoms with van der Waals surface area (Å²) in [6.07, 6.45) is 2.43. The fourth-order valence-electron chi connectivity index (χ4n) is 2.18. The van der Waals surface area contributed by atoms with E-state index in [-0.39, 0.29) is 0 Å². The first-order chi connectivity index (χ1) is 10.6. The lowest BCUT2D eigenvalue weighted by molar-refractivity contribution is -0.139. The molecule has 124 valence electrons. The maximum Gasteiger partial charge on any atom is 0.320 e. The second-order valence-corrected chi connectivity index (χ2v) is 4.93. The van der Waals surface area contributed by atoms with Crippen LogP contribution in [0, 0.1) is 0 Å². The monoisotopic (exact) mass is 311 g/mol. The Bertz CT molecular complexity index is 490. The number of unbranched alkanes of at least 4 members (excludes halogenated alkanes) is 1. The lowest BCUT2D eigenvalue weighted by Crippen LogP contribution is -2.36. The van der Waals surface area contributed by atoms with Gasteiger partial charge in [0.25, 0.3) is 0 Å². The van der Waals surface area contributed by atoms with Crippen LogP contribution in [0.25, 0.3) is 0 Å². The Morgan fingerprint density at radius 1 is 1.14 bits per heavy atom. The number of hydrogen-bond acceptors (Lipinski definition) is 5. The summed E-state index contributed by atoms with van der Waals surface area (Å²) in [4.78, 5) is 11.3. The Hall–Kier alpha value is -1.95. The van der Waals surface area contributed by atoms with Crippen molar-refractivity contribution in [2.24, 2.45) is 0 Å². The van der Waals surface area contributed by atoms with Crippen molar-refractivity contribution in [3.63, 3.8) is 0 Å². The average molecular weight is 311 g/mol. The third-order valence-corrected chi connectivity index (χ3v) is 3.47. The average Bonchev–Trinajstić information content (AvgIpc) is 2.53. The molecular weight excluding hydrogens is 286 g/mol. The smallest absolute Gasteiger partial charge is 0.320 e. The minimum absolute atomic E-state index is 0.379. The number of rotatable bonds is 10. The molecule has 22 heavy (non-hydrogen) atoms. The molecule has 0 unspecified atom stereocenters. The van der Waals surface area contributed by atoms with Crippen LogP contribution in [0.3, 0.4) is 0 Å². The fourth-order valence-corrected chi connectivity index (χ4v) is 2.18. The molecule has 2 N–H and O–H groups in total. The summed E-state index contributed by atoms with van der Waals surface area (Å²) < 4.78 is 15.8. The Morgan fingerprint density at radius 2 is 1.73 bits per heavy atom. The van der Waals surface area contributed by atoms with E-state index in [9.17, 15) is 9.90 Å². The number of ether oxygens (including phenoxy) is 3. The molecule has 0 radical (unpaired) electrons. The fraction of sp³-hybridized carbons (Fsp3) is 0.562. The third kappa shape index (κ3) is 4.80. The molecule has 1 atom stereocenters. The van der Waals surface area contributed by atoms with Crippen LogP contribution in [0.4, 0.5) is 0 Å². The summed E-state index contributed by atoms with van der Waals surface area (Å²) >= 11 is 0. The van der Waals surface area contributed by atoms with Gasteiger partial charge in [-0.15, -0.1) is 0 Å². The van der Waals surface area contributed by atoms with Crippen LogP contribution in [-0.4, -0.2) is 38.4 Å². The molecule has 1 aromatic carbocycles. The van der Waals surface area contributed by atoms with Gasteiger partial charge < -0.3 is 24.6 Å². The van der Waals surface area contributed by atoms with E-state index >= 15 is 0 Å². The standard InChI is InChI=1S/C16H25NO5/c1-5-6-7-12(16(18)19)17-10-11-8-14(21-3)15(22-4)9-13(11)20-2/h8-9,12,17H,5-7,10H2,1-4H3,(H,18,19)/t12-/m0/s1. The van der Waals surface area contributed by atoms with E-state index < -0.39 is 12.0 Å². The van der Waals surface area contributed by atoms with Gasteiger partial charge in [-0.25, -0.2) is 0 Å². The van der Waals surface area contributed by atoms with E-state index in [2.05, 4.69) is 5.32 Å². The number of carbonyl (C=O) groups is 1. The molecule has 0 amide bonds. The Kier molecular flexibility index (Phi) is 7.52. The molecule has 0 fully saturated rings. The van der Waals surface area contributed by atoms with Gasteiger partial charge in [0, 0.05) is 18.2 Å². The van der Waals surface area contributed by atoms with Crippen LogP contribution in [-0.2, 0) is 11.3 Å². The van der Waals surface area contributed by atoms with Crippen molar-refractivity contribution in [2.45, 2.75) is 38.8 Å². The molecule has 0 bridgehead atoms. The van der Waals surface area contributed by atoms with Gasteiger partial charge in [-0.2, -0.15) is 0 Å². The summed E-state index contributed by atoms with van der Waals surface area (Å²) in [7, 11) is 4.68. The molecule has 6 heteroatoms. The van der Waals surface area contributed by atoms with Crippen LogP contribution >= 0.6 is 0 Å². The van der Waals surface area contributed by atoms with E-state index in [4.69, 9.17) is 14.2 Å². The predicted molar refractivity (Wildman–Crippen MR) is 83.9 cm³/mol. The highest BCUT2D eigenvalue weighted by molar-refractivity contribution is 5.73. The Balaban J connectivity index is 2.88. The topological polar surface area (TPSA) is 77.0 Å². The minimum Gasteiger partial charge on any atom is -0.496 e. The summed E-state index contributed by atoms with van der Waals surface area (Å²) in [5.74, 6) is 0.946. The van der Waals surface area contributed by atoms with Gasteiger partial charge in [0.15, 0.2) is 11.5 Å². The second kappa shape index (κ2) is 9.15. The molecule has 0 saturated carbocycles. The molecule has 6 nitrogen and oxygen atoms in total. The lowest BCUT2D eigenvalue weighted by Gasteiger charge is -2.17. The lowest BCUT2D eigenvalue weighted by atomic mass is 10.1. The molecule has 0 aliphatic rings. The maximum atomic E-state index is 11.3. The summed E-state index contributed by atoms with van der Waals surface area (Å²) in [5.41, 5.74) is 0.822. The summed E-state index contributed by atoms with van der Waals surface area (Å²) in [6.45, 7) is 2.42. The van der Waals surface area contributed by atoms with Gasteiger partial charge in [0.05, 0.1) is 21.3 Å². The number of carboxylic acids is 1. The van der Waals surface area contributed by atoms with Crippen LogP contribution in [0.5, 0.6) is 17.2 Å². The van der Waals surface area contributed by atoms with E-state index in [0.717, 1.165) is 18.4 Å². The quantitative estimate of drug-likeness (QED) is 0.691. The van der Waals surface area contributed by atoms with E-state index in [0.29, 0.717) is 30.2 Å². The number of methoxy groups -OCH3 is 3. The van der Waals surface area contributed by atoms with Gasteiger partial charge in [-0.3, -0.25) is 4.79 Å². The molecule has 0 heterocycles. The minimum atomic E-state index is -0.840. The zero-order valence-corrected chi connectivity index (χ0v) is 13.6. The first-order valence-corrected chi connectivity index (χ1v) is 7.32. The van der Waals surface area contributed by atoms with Crippen molar-refractivity contribution < 1.29 is 24.1 Å². The van der Waals surface area contributed by atoms with E-state index in [1.54, 1.807) is 33.5 Å². The molecular formula is C16H25NO5. The predicted octanol–water partition coefficient (Wildman–Crippen LogP) is 2.45. The first kappa shape index (κ1) is 18.1. The van der Waals surface area contributed by atoms with Crippen LogP contribution in [0.1, 0.15) is 31.7 Å². The first-order valence-electron chi connectivity index (χ1n) is 7.32. The second-order valence-electron chi connectivity index (χ2n) is 4.93. The zero-order valence-electron chi connectivity index (χ0n) is 13.6. The summed E-state index contributed by atoms with van der Waals surface area (Å²) in [6, 6.07) is 2.96. The highest BCUT2D eigenvalue weighted by Gasteiger charge is 2.18. The van der Waals surface area contributed by atoms with Crippen molar-refractivity contribution in [2.75, 3.05) is 21.3 Å². The van der Waals surface area contributed by atoms with Gasteiger partial charge >= 0.3 is 5.97 Å². The van der Waals surface area contributed by atoms with Crippen molar-refractivity contribution in [3.8, 4) is 17.2 Å². The molecule has 0 spiro atoms. The molecule has 1 aromatic rings. The third-order valence-electron chi connectivity index (χ3n) is 3.47. The molecule has 0 aromatic heterocycles. The highest BCUT2D eigenvalue weighted by Crippen LogP contribution is 2.34. The Morgan fingerprint density at radius 3 is 2.23 bits per heavy atom. The zero-order chi connectivity index (χ0) is 16.5. The normalized spacial score (nSPS) is 11.8. The number of nitrogens with one attached hydrogen (secondary N) is 1. The number of aliphatic carboxylic acids is 1. The largest absolute Gasteiger partial charge is 0.496 e. The number of hydrogen-bond donors (Lipinski definition) is 2. The SMILES string of the molecule is CCCC[C@H](NCc1cc(OC)c(OC)cc1OC)C(=O)O. The molecule has 0 aliphatic carbocycles. The highest BCUT2D eigenvalue weighted by atomic mass is 16.5. The maximum absolute atomic E-state index is 11.3. The molecule has 0 aliphatic heterocycles.